The third-order valence-electron chi connectivity index (χ3n) is 4.14. The van der Waals surface area contributed by atoms with Gasteiger partial charge >= 0.3 is 0 Å². The van der Waals surface area contributed by atoms with Crippen LogP contribution in [-0.4, -0.2) is 26.6 Å². The van der Waals surface area contributed by atoms with Gasteiger partial charge in [-0.25, -0.2) is 0 Å². The number of carbonyl (C=O) groups excluding carboxylic acids is 1. The van der Waals surface area contributed by atoms with Crippen LogP contribution in [0, 0.1) is 0 Å². The van der Waals surface area contributed by atoms with Crippen molar-refractivity contribution >= 4 is 17.5 Å². The first kappa shape index (κ1) is 15.6. The van der Waals surface area contributed by atoms with Gasteiger partial charge in [0.05, 0.1) is 23.9 Å². The zero-order valence-electron chi connectivity index (χ0n) is 12.7. The number of rotatable bonds is 8. The average molecular weight is 294 g/mol. The number of thioether (sulfide) groups is 1. The first-order valence-electron chi connectivity index (χ1n) is 7.90. The first-order chi connectivity index (χ1) is 9.72. The molecule has 1 aliphatic carbocycles. The van der Waals surface area contributed by atoms with Crippen molar-refractivity contribution in [3.8, 4) is 0 Å². The van der Waals surface area contributed by atoms with E-state index < -0.39 is 0 Å². The van der Waals surface area contributed by atoms with Crippen LogP contribution in [0.15, 0.2) is 12.3 Å². The third kappa shape index (κ3) is 4.37. The van der Waals surface area contributed by atoms with Crippen molar-refractivity contribution in [3.63, 3.8) is 0 Å². The normalized spacial score (nSPS) is 16.1. The molecule has 0 aromatic carbocycles. The van der Waals surface area contributed by atoms with E-state index in [9.17, 15) is 4.79 Å². The molecule has 0 unspecified atom stereocenters. The molecule has 0 spiro atoms. The summed E-state index contributed by atoms with van der Waals surface area (Å²) in [6.45, 7) is 4.36. The predicted octanol–water partition coefficient (Wildman–Crippen LogP) is 4.03. The number of hydrogen-bond donors (Lipinski definition) is 0. The number of carbonyl (C=O) groups is 1. The monoisotopic (exact) mass is 294 g/mol. The Morgan fingerprint density at radius 1 is 1.40 bits per heavy atom. The molecule has 0 radical (unpaired) electrons. The average Bonchev–Trinajstić information content (AvgIpc) is 3.10. The topological polar surface area (TPSA) is 34.9 Å². The van der Waals surface area contributed by atoms with E-state index in [1.54, 1.807) is 0 Å². The minimum absolute atomic E-state index is 0.316. The van der Waals surface area contributed by atoms with Crippen LogP contribution < -0.4 is 0 Å². The van der Waals surface area contributed by atoms with Gasteiger partial charge in [-0.15, -0.1) is 0 Å². The molecule has 1 aliphatic rings. The lowest BCUT2D eigenvalue weighted by atomic mass is 10.2. The zero-order valence-corrected chi connectivity index (χ0v) is 13.5. The molecule has 0 saturated heterocycles. The highest BCUT2D eigenvalue weighted by Crippen LogP contribution is 2.29. The zero-order chi connectivity index (χ0) is 14.4. The summed E-state index contributed by atoms with van der Waals surface area (Å²) < 4.78 is 2.02. The van der Waals surface area contributed by atoms with Crippen LogP contribution in [0.2, 0.25) is 0 Å². The standard InChI is InChI=1S/C16H26N2OS/c1-3-14(4-2)18-10-9-13(17-18)11-15(19)12-20-16-7-5-6-8-16/h9-10,14,16H,3-8,11-12H2,1-2H3. The fourth-order valence-electron chi connectivity index (χ4n) is 2.86. The van der Waals surface area contributed by atoms with E-state index in [2.05, 4.69) is 18.9 Å². The minimum Gasteiger partial charge on any atom is -0.298 e. The molecule has 20 heavy (non-hydrogen) atoms. The summed E-state index contributed by atoms with van der Waals surface area (Å²) in [5, 5.41) is 5.28. The second kappa shape index (κ2) is 7.87. The van der Waals surface area contributed by atoms with Crippen LogP contribution in [0.4, 0.5) is 0 Å². The first-order valence-corrected chi connectivity index (χ1v) is 8.95. The van der Waals surface area contributed by atoms with Gasteiger partial charge in [0.25, 0.3) is 0 Å². The molecule has 0 amide bonds. The van der Waals surface area contributed by atoms with Crippen LogP contribution in [0.1, 0.15) is 64.1 Å². The summed E-state index contributed by atoms with van der Waals surface area (Å²) >= 11 is 1.85. The SMILES string of the molecule is CCC(CC)n1ccc(CC(=O)CSC2CCCC2)n1. The number of ketones is 1. The van der Waals surface area contributed by atoms with Gasteiger partial charge in [0, 0.05) is 11.4 Å². The second-order valence-corrected chi connectivity index (χ2v) is 6.98. The Labute approximate surface area is 126 Å². The van der Waals surface area contributed by atoms with Crippen LogP contribution >= 0.6 is 11.8 Å². The smallest absolute Gasteiger partial charge is 0.148 e. The fraction of sp³-hybridized carbons (Fsp3) is 0.750. The van der Waals surface area contributed by atoms with Crippen molar-refractivity contribution in [3.05, 3.63) is 18.0 Å². The Morgan fingerprint density at radius 2 is 2.10 bits per heavy atom. The Kier molecular flexibility index (Phi) is 6.14. The summed E-state index contributed by atoms with van der Waals surface area (Å²) in [7, 11) is 0. The largest absolute Gasteiger partial charge is 0.298 e. The van der Waals surface area contributed by atoms with E-state index in [4.69, 9.17) is 0 Å². The Morgan fingerprint density at radius 3 is 2.75 bits per heavy atom. The molecule has 1 aromatic heterocycles. The number of aromatic nitrogens is 2. The van der Waals surface area contributed by atoms with Crippen molar-refractivity contribution in [1.29, 1.82) is 0 Å². The van der Waals surface area contributed by atoms with Gasteiger partial charge in [0.15, 0.2) is 0 Å². The molecule has 2 rings (SSSR count). The molecule has 0 aliphatic heterocycles. The molecule has 112 valence electrons. The van der Waals surface area contributed by atoms with Gasteiger partial charge in [-0.2, -0.15) is 16.9 Å². The van der Waals surface area contributed by atoms with E-state index in [0.29, 0.717) is 24.0 Å². The molecule has 0 atom stereocenters. The van der Waals surface area contributed by atoms with Gasteiger partial charge < -0.3 is 0 Å². The van der Waals surface area contributed by atoms with Gasteiger partial charge in [-0.3, -0.25) is 9.48 Å². The molecule has 0 N–H and O–H groups in total. The highest BCUT2D eigenvalue weighted by Gasteiger charge is 2.17. The Hall–Kier alpha value is -0.770. The summed E-state index contributed by atoms with van der Waals surface area (Å²) in [5.41, 5.74) is 0.925. The summed E-state index contributed by atoms with van der Waals surface area (Å²) in [5.74, 6) is 0.972. The maximum atomic E-state index is 12.0. The van der Waals surface area contributed by atoms with Crippen molar-refractivity contribution in [1.82, 2.24) is 9.78 Å². The summed E-state index contributed by atoms with van der Waals surface area (Å²) in [6.07, 6.45) is 9.95. The van der Waals surface area contributed by atoms with Gasteiger partial charge in [-0.05, 0) is 31.7 Å². The Balaban J connectivity index is 1.78. The fourth-order valence-corrected chi connectivity index (χ4v) is 4.05. The van der Waals surface area contributed by atoms with Gasteiger partial charge in [-0.1, -0.05) is 26.7 Å². The van der Waals surface area contributed by atoms with Crippen molar-refractivity contribution in [2.75, 3.05) is 5.75 Å². The van der Waals surface area contributed by atoms with Crippen LogP contribution in [0.3, 0.4) is 0 Å². The maximum Gasteiger partial charge on any atom is 0.148 e. The highest BCUT2D eigenvalue weighted by molar-refractivity contribution is 8.00. The van der Waals surface area contributed by atoms with E-state index in [-0.39, 0.29) is 0 Å². The van der Waals surface area contributed by atoms with E-state index in [1.807, 2.05) is 28.7 Å². The number of nitrogens with zero attached hydrogens (tertiary/aromatic N) is 2. The molecule has 1 fully saturated rings. The highest BCUT2D eigenvalue weighted by atomic mass is 32.2. The molecular weight excluding hydrogens is 268 g/mol. The van der Waals surface area contributed by atoms with E-state index >= 15 is 0 Å². The van der Waals surface area contributed by atoms with E-state index in [0.717, 1.165) is 23.8 Å². The number of hydrogen-bond acceptors (Lipinski definition) is 3. The van der Waals surface area contributed by atoms with E-state index in [1.165, 1.54) is 25.7 Å². The van der Waals surface area contributed by atoms with Gasteiger partial charge in [0.2, 0.25) is 0 Å². The molecule has 3 nitrogen and oxygen atoms in total. The molecule has 1 heterocycles. The summed E-state index contributed by atoms with van der Waals surface area (Å²) in [6, 6.07) is 2.46. The van der Waals surface area contributed by atoms with Crippen molar-refractivity contribution < 1.29 is 4.79 Å². The van der Waals surface area contributed by atoms with Crippen molar-refractivity contribution in [2.24, 2.45) is 0 Å². The molecule has 4 heteroatoms. The second-order valence-electron chi connectivity index (χ2n) is 5.69. The molecule has 1 saturated carbocycles. The maximum absolute atomic E-state index is 12.0. The van der Waals surface area contributed by atoms with Crippen LogP contribution in [-0.2, 0) is 11.2 Å². The predicted molar refractivity (Wildman–Crippen MR) is 85.3 cm³/mol. The molecular formula is C16H26N2OS. The van der Waals surface area contributed by atoms with Crippen LogP contribution in [0.5, 0.6) is 0 Å². The lowest BCUT2D eigenvalue weighted by Crippen LogP contribution is -2.11. The molecule has 0 bridgehead atoms. The molecule has 1 aromatic rings. The van der Waals surface area contributed by atoms with Gasteiger partial charge in [0.1, 0.15) is 5.78 Å². The minimum atomic E-state index is 0.316. The summed E-state index contributed by atoms with van der Waals surface area (Å²) in [4.78, 5) is 12.0. The lowest BCUT2D eigenvalue weighted by Gasteiger charge is -2.12. The lowest BCUT2D eigenvalue weighted by molar-refractivity contribution is -0.116. The Bertz CT molecular complexity index is 420. The number of Topliss-reactive ketones (excluding diaryl/α,β-unsaturated/α-hetero) is 1. The third-order valence-corrected chi connectivity index (χ3v) is 5.57. The van der Waals surface area contributed by atoms with Crippen molar-refractivity contribution in [2.45, 2.75) is 70.1 Å². The van der Waals surface area contributed by atoms with Crippen LogP contribution in [0.25, 0.3) is 0 Å². The quantitative estimate of drug-likeness (QED) is 0.726.